The average molecular weight is 352 g/mol. The molecule has 0 aliphatic rings. The number of halogens is 1. The third kappa shape index (κ3) is 2.81. The Morgan fingerprint density at radius 3 is 2.76 bits per heavy atom. The van der Waals surface area contributed by atoms with E-state index >= 15 is 0 Å². The number of nitrogens with two attached hydrogens (primary N) is 1. The monoisotopic (exact) mass is 351 g/mol. The largest absolute Gasteiger partial charge is 0.461 e. The predicted molar refractivity (Wildman–Crippen MR) is 85.7 cm³/mol. The molecule has 2 rings (SSSR count). The number of nitrogen functional groups attached to an aromatic ring is 1. The van der Waals surface area contributed by atoms with Gasteiger partial charge in [-0.15, -0.1) is 0 Å². The molecule has 0 amide bonds. The van der Waals surface area contributed by atoms with Gasteiger partial charge in [-0.1, -0.05) is 19.1 Å². The van der Waals surface area contributed by atoms with Crippen molar-refractivity contribution in [2.45, 2.75) is 27.2 Å². The summed E-state index contributed by atoms with van der Waals surface area (Å²) in [4.78, 5) is 16.3. The number of hydrogen-bond acceptors (Lipinski definition) is 4. The first-order valence-electron chi connectivity index (χ1n) is 6.80. The maximum atomic E-state index is 11.9. The van der Waals surface area contributed by atoms with Crippen LogP contribution in [-0.4, -0.2) is 22.1 Å². The number of ether oxygens (including phenoxy) is 1. The second-order valence-corrected chi connectivity index (χ2v) is 5.37. The van der Waals surface area contributed by atoms with Gasteiger partial charge < -0.3 is 10.5 Å². The zero-order chi connectivity index (χ0) is 15.6. The molecule has 0 unspecified atom stereocenters. The molecule has 0 fully saturated rings. The lowest BCUT2D eigenvalue weighted by atomic mass is 10.2. The van der Waals surface area contributed by atoms with Gasteiger partial charge in [-0.3, -0.25) is 4.57 Å². The Balaban J connectivity index is 2.63. The maximum Gasteiger partial charge on any atom is 0.360 e. The van der Waals surface area contributed by atoms with Crippen LogP contribution in [0.25, 0.3) is 5.69 Å². The molecule has 0 aliphatic heterocycles. The molecule has 5 nitrogen and oxygen atoms in total. The molecule has 21 heavy (non-hydrogen) atoms. The molecular weight excluding hydrogens is 334 g/mol. The molecule has 2 aromatic rings. The fourth-order valence-electron chi connectivity index (χ4n) is 2.14. The third-order valence-corrected chi connectivity index (χ3v) is 4.21. The van der Waals surface area contributed by atoms with Crippen LogP contribution in [-0.2, 0) is 11.2 Å². The summed E-state index contributed by atoms with van der Waals surface area (Å²) in [6.07, 6.45) is 0.657. The zero-order valence-corrected chi connectivity index (χ0v) is 13.9. The number of aryl methyl sites for hydroxylation is 2. The number of rotatable bonds is 4. The van der Waals surface area contributed by atoms with Gasteiger partial charge in [0.25, 0.3) is 0 Å². The van der Waals surface area contributed by atoms with Crippen LogP contribution in [0, 0.1) is 6.92 Å². The number of esters is 1. The highest BCUT2D eigenvalue weighted by Crippen LogP contribution is 2.29. The molecule has 1 aromatic carbocycles. The molecule has 6 heteroatoms. The number of hydrogen-bond donors (Lipinski definition) is 1. The molecule has 0 saturated carbocycles. The van der Waals surface area contributed by atoms with E-state index in [1.54, 1.807) is 11.5 Å². The summed E-state index contributed by atoms with van der Waals surface area (Å²) in [7, 11) is 0. The maximum absolute atomic E-state index is 11.9. The van der Waals surface area contributed by atoms with E-state index in [4.69, 9.17) is 10.5 Å². The molecule has 0 atom stereocenters. The average Bonchev–Trinajstić information content (AvgIpc) is 2.79. The van der Waals surface area contributed by atoms with Crippen molar-refractivity contribution in [3.63, 3.8) is 0 Å². The number of imidazole rings is 1. The van der Waals surface area contributed by atoms with Gasteiger partial charge in [0, 0.05) is 10.9 Å². The first-order valence-corrected chi connectivity index (χ1v) is 7.60. The van der Waals surface area contributed by atoms with Crippen LogP contribution in [0.1, 0.15) is 35.7 Å². The van der Waals surface area contributed by atoms with Gasteiger partial charge in [0.2, 0.25) is 0 Å². The summed E-state index contributed by atoms with van der Waals surface area (Å²) in [6, 6.07) is 5.88. The first-order chi connectivity index (χ1) is 10.0. The van der Waals surface area contributed by atoms with E-state index < -0.39 is 5.97 Å². The second-order valence-electron chi connectivity index (χ2n) is 4.58. The Bertz CT molecular complexity index is 680. The van der Waals surface area contributed by atoms with E-state index in [1.165, 1.54) is 0 Å². The van der Waals surface area contributed by atoms with Crippen LogP contribution in [0.3, 0.4) is 0 Å². The molecular formula is C15H18BrN3O2. The molecule has 1 aromatic heterocycles. The molecule has 0 radical (unpaired) electrons. The highest BCUT2D eigenvalue weighted by molar-refractivity contribution is 9.10. The van der Waals surface area contributed by atoms with E-state index in [-0.39, 0.29) is 5.69 Å². The number of benzene rings is 1. The smallest absolute Gasteiger partial charge is 0.360 e. The Morgan fingerprint density at radius 2 is 2.14 bits per heavy atom. The molecule has 112 valence electrons. The SMILES string of the molecule is CCOC(=O)c1nc(CC)n(-c2cccc(C)c2Br)c1N. The van der Waals surface area contributed by atoms with Gasteiger partial charge in [0.15, 0.2) is 5.69 Å². The van der Waals surface area contributed by atoms with Gasteiger partial charge in [0.05, 0.1) is 12.3 Å². The third-order valence-electron chi connectivity index (χ3n) is 3.18. The van der Waals surface area contributed by atoms with Gasteiger partial charge >= 0.3 is 5.97 Å². The normalized spacial score (nSPS) is 10.7. The minimum absolute atomic E-state index is 0.169. The second kappa shape index (κ2) is 6.30. The van der Waals surface area contributed by atoms with E-state index in [0.29, 0.717) is 18.8 Å². The van der Waals surface area contributed by atoms with E-state index in [1.807, 2.05) is 32.0 Å². The topological polar surface area (TPSA) is 70.1 Å². The molecule has 1 heterocycles. The lowest BCUT2D eigenvalue weighted by molar-refractivity contribution is 0.0521. The van der Waals surface area contributed by atoms with Crippen LogP contribution < -0.4 is 5.73 Å². The van der Waals surface area contributed by atoms with Gasteiger partial charge in [-0.2, -0.15) is 0 Å². The lowest BCUT2D eigenvalue weighted by Crippen LogP contribution is -2.10. The van der Waals surface area contributed by atoms with Crippen LogP contribution in [0.15, 0.2) is 22.7 Å². The van der Waals surface area contributed by atoms with Gasteiger partial charge in [0.1, 0.15) is 11.6 Å². The Labute approximate surface area is 132 Å². The van der Waals surface area contributed by atoms with Gasteiger partial charge in [-0.05, 0) is 41.4 Å². The zero-order valence-electron chi connectivity index (χ0n) is 12.3. The lowest BCUT2D eigenvalue weighted by Gasteiger charge is -2.12. The van der Waals surface area contributed by atoms with Crippen molar-refractivity contribution in [2.75, 3.05) is 12.3 Å². The van der Waals surface area contributed by atoms with E-state index in [9.17, 15) is 4.79 Å². The first kappa shape index (κ1) is 15.6. The summed E-state index contributed by atoms with van der Waals surface area (Å²) in [5.74, 6) is 0.533. The number of carbonyl (C=O) groups is 1. The van der Waals surface area contributed by atoms with Crippen molar-refractivity contribution in [1.82, 2.24) is 9.55 Å². The number of aromatic nitrogens is 2. The van der Waals surface area contributed by atoms with Crippen molar-refractivity contribution in [1.29, 1.82) is 0 Å². The highest BCUT2D eigenvalue weighted by atomic mass is 79.9. The van der Waals surface area contributed by atoms with Crippen LogP contribution in [0.2, 0.25) is 0 Å². The number of carbonyl (C=O) groups excluding carboxylic acids is 1. The summed E-state index contributed by atoms with van der Waals surface area (Å²) in [6.45, 7) is 6.01. The quantitative estimate of drug-likeness (QED) is 0.858. The van der Waals surface area contributed by atoms with Gasteiger partial charge in [-0.25, -0.2) is 9.78 Å². The van der Waals surface area contributed by atoms with Crippen molar-refractivity contribution >= 4 is 27.7 Å². The highest BCUT2D eigenvalue weighted by Gasteiger charge is 2.22. The molecule has 2 N–H and O–H groups in total. The summed E-state index contributed by atoms with van der Waals surface area (Å²) in [5, 5.41) is 0. The Hall–Kier alpha value is -1.82. The Kier molecular flexibility index (Phi) is 4.67. The predicted octanol–water partition coefficient (Wildman–Crippen LogP) is 3.26. The molecule has 0 saturated heterocycles. The fourth-order valence-corrected chi connectivity index (χ4v) is 2.58. The van der Waals surface area contributed by atoms with Crippen molar-refractivity contribution in [3.05, 3.63) is 39.8 Å². The van der Waals surface area contributed by atoms with Crippen LogP contribution in [0.4, 0.5) is 5.82 Å². The van der Waals surface area contributed by atoms with Crippen molar-refractivity contribution in [3.8, 4) is 5.69 Å². The minimum Gasteiger partial charge on any atom is -0.461 e. The standard InChI is InChI=1S/C15H18BrN3O2/c1-4-11-18-13(15(20)21-5-2)14(17)19(11)10-8-6-7-9(3)12(10)16/h6-8H,4-5,17H2,1-3H3. The Morgan fingerprint density at radius 1 is 1.43 bits per heavy atom. The van der Waals surface area contributed by atoms with E-state index in [0.717, 1.165) is 21.5 Å². The molecule has 0 bridgehead atoms. The fraction of sp³-hybridized carbons (Fsp3) is 0.333. The van der Waals surface area contributed by atoms with Crippen LogP contribution >= 0.6 is 15.9 Å². The molecule has 0 aliphatic carbocycles. The summed E-state index contributed by atoms with van der Waals surface area (Å²) < 4.78 is 7.73. The summed E-state index contributed by atoms with van der Waals surface area (Å²) >= 11 is 3.57. The number of anilines is 1. The summed E-state index contributed by atoms with van der Waals surface area (Å²) in [5.41, 5.74) is 8.26. The number of nitrogens with zero attached hydrogens (tertiary/aromatic N) is 2. The van der Waals surface area contributed by atoms with Crippen LogP contribution in [0.5, 0.6) is 0 Å². The van der Waals surface area contributed by atoms with Crippen molar-refractivity contribution < 1.29 is 9.53 Å². The van der Waals surface area contributed by atoms with Crippen molar-refractivity contribution in [2.24, 2.45) is 0 Å². The minimum atomic E-state index is -0.493. The molecule has 0 spiro atoms. The van der Waals surface area contributed by atoms with E-state index in [2.05, 4.69) is 20.9 Å².